The van der Waals surface area contributed by atoms with Crippen LogP contribution in [0.2, 0.25) is 0 Å². The second-order valence-corrected chi connectivity index (χ2v) is 11.3. The lowest BCUT2D eigenvalue weighted by Gasteiger charge is -2.52. The average Bonchev–Trinajstić information content (AvgIpc) is 3.37. The normalized spacial score (nSPS) is 24.9. The molecule has 3 heterocycles. The zero-order chi connectivity index (χ0) is 24.7. The lowest BCUT2D eigenvalue weighted by Crippen LogP contribution is -2.73. The molecule has 0 aromatic heterocycles. The fourth-order valence-electron chi connectivity index (χ4n) is 6.07. The van der Waals surface area contributed by atoms with E-state index in [4.69, 9.17) is 4.74 Å². The van der Waals surface area contributed by atoms with Crippen LogP contribution in [0.25, 0.3) is 0 Å². The summed E-state index contributed by atoms with van der Waals surface area (Å²) in [7, 11) is 0. The van der Waals surface area contributed by atoms with E-state index in [2.05, 4.69) is 54.4 Å². The summed E-state index contributed by atoms with van der Waals surface area (Å²) in [5, 5.41) is 3.12. The number of piperazine rings is 1. The van der Waals surface area contributed by atoms with Crippen molar-refractivity contribution in [1.82, 2.24) is 15.1 Å². The molecule has 1 aromatic rings. The minimum atomic E-state index is -0.706. The monoisotopic (exact) mass is 483 g/mol. The van der Waals surface area contributed by atoms with E-state index in [1.165, 1.54) is 31.2 Å². The average molecular weight is 484 g/mol. The molecule has 0 radical (unpaired) electrons. The Labute approximate surface area is 211 Å². The first kappa shape index (κ1) is 26.2. The molecule has 3 aliphatic rings. The molecule has 0 saturated carbocycles. The molecule has 4 rings (SSSR count). The van der Waals surface area contributed by atoms with Gasteiger partial charge in [-0.25, -0.2) is 0 Å². The molecule has 1 spiro atoms. The van der Waals surface area contributed by atoms with Crippen molar-refractivity contribution in [3.05, 3.63) is 35.9 Å². The van der Waals surface area contributed by atoms with Crippen LogP contribution in [0.1, 0.15) is 77.2 Å². The first-order valence-corrected chi connectivity index (χ1v) is 14.0. The number of hydrogen-bond acceptors (Lipinski definition) is 4. The molecule has 35 heavy (non-hydrogen) atoms. The molecule has 0 aliphatic carbocycles. The van der Waals surface area contributed by atoms with Gasteiger partial charge in [0, 0.05) is 26.2 Å². The number of carbonyl (C=O) groups is 2. The quantitative estimate of drug-likeness (QED) is 0.480. The molecule has 1 aromatic carbocycles. The molecule has 2 atom stereocenters. The second-order valence-electron chi connectivity index (χ2n) is 11.3. The van der Waals surface area contributed by atoms with Gasteiger partial charge < -0.3 is 19.9 Å². The Morgan fingerprint density at radius 3 is 2.49 bits per heavy atom. The summed E-state index contributed by atoms with van der Waals surface area (Å²) in [6, 6.07) is 10.3. The maximum atomic E-state index is 13.6. The van der Waals surface area contributed by atoms with Crippen molar-refractivity contribution in [2.24, 2.45) is 5.92 Å². The highest BCUT2D eigenvalue weighted by Crippen LogP contribution is 2.35. The third kappa shape index (κ3) is 6.65. The van der Waals surface area contributed by atoms with Gasteiger partial charge >= 0.3 is 0 Å². The lowest BCUT2D eigenvalue weighted by atomic mass is 9.80. The summed E-state index contributed by atoms with van der Waals surface area (Å²) in [6.45, 7) is 8.37. The Kier molecular flexibility index (Phi) is 9.23. The van der Waals surface area contributed by atoms with Crippen molar-refractivity contribution in [1.29, 1.82) is 0 Å². The number of unbranched alkanes of at least 4 members (excludes halogenated alkanes) is 3. The fourth-order valence-corrected chi connectivity index (χ4v) is 6.07. The van der Waals surface area contributed by atoms with Crippen molar-refractivity contribution in [2.45, 2.75) is 95.7 Å². The second kappa shape index (κ2) is 12.4. The third-order valence-corrected chi connectivity index (χ3v) is 8.14. The van der Waals surface area contributed by atoms with Crippen LogP contribution in [0, 0.1) is 5.92 Å². The van der Waals surface area contributed by atoms with E-state index < -0.39 is 11.6 Å². The van der Waals surface area contributed by atoms with Gasteiger partial charge in [-0.1, -0.05) is 57.0 Å². The van der Waals surface area contributed by atoms with Crippen molar-refractivity contribution >= 4 is 11.8 Å². The largest absolute Gasteiger partial charge is 0.376 e. The molecule has 3 fully saturated rings. The van der Waals surface area contributed by atoms with Crippen molar-refractivity contribution in [3.8, 4) is 0 Å². The zero-order valence-corrected chi connectivity index (χ0v) is 21.8. The summed E-state index contributed by atoms with van der Waals surface area (Å²) >= 11 is 0. The number of amides is 2. The van der Waals surface area contributed by atoms with Crippen molar-refractivity contribution < 1.29 is 14.3 Å². The number of hydrogen-bond donors (Lipinski definition) is 1. The molecule has 6 heteroatoms. The van der Waals surface area contributed by atoms with E-state index in [9.17, 15) is 9.59 Å². The minimum absolute atomic E-state index is 0.0568. The van der Waals surface area contributed by atoms with E-state index in [-0.39, 0.29) is 17.9 Å². The number of nitrogens with zero attached hydrogens (tertiary/aromatic N) is 2. The van der Waals surface area contributed by atoms with Crippen LogP contribution >= 0.6 is 0 Å². The number of aryl methyl sites for hydroxylation is 1. The van der Waals surface area contributed by atoms with E-state index in [1.54, 1.807) is 0 Å². The topological polar surface area (TPSA) is 61.9 Å². The molecular formula is C29H45N3O3. The maximum absolute atomic E-state index is 13.6. The van der Waals surface area contributed by atoms with Crippen LogP contribution in [0.4, 0.5) is 0 Å². The number of piperidine rings is 1. The Hall–Kier alpha value is -1.92. The third-order valence-electron chi connectivity index (χ3n) is 8.14. The van der Waals surface area contributed by atoms with Gasteiger partial charge in [-0.3, -0.25) is 9.59 Å². The summed E-state index contributed by atoms with van der Waals surface area (Å²) in [4.78, 5) is 31.5. The number of benzene rings is 1. The summed E-state index contributed by atoms with van der Waals surface area (Å²) in [5.74, 6) is 0.513. The molecule has 194 valence electrons. The first-order valence-electron chi connectivity index (χ1n) is 14.0. The number of rotatable bonds is 11. The molecular weight excluding hydrogens is 438 g/mol. The summed E-state index contributed by atoms with van der Waals surface area (Å²) in [5.41, 5.74) is 0.722. The van der Waals surface area contributed by atoms with Gasteiger partial charge in [-0.2, -0.15) is 0 Å². The Morgan fingerprint density at radius 1 is 1.06 bits per heavy atom. The summed E-state index contributed by atoms with van der Waals surface area (Å²) < 4.78 is 5.89. The van der Waals surface area contributed by atoms with Crippen molar-refractivity contribution in [3.63, 3.8) is 0 Å². The molecule has 3 aliphatic heterocycles. The first-order chi connectivity index (χ1) is 17.0. The Morgan fingerprint density at radius 2 is 1.80 bits per heavy atom. The van der Waals surface area contributed by atoms with Gasteiger partial charge in [0.2, 0.25) is 11.8 Å². The highest BCUT2D eigenvalue weighted by Gasteiger charge is 2.54. The van der Waals surface area contributed by atoms with Gasteiger partial charge in [-0.15, -0.1) is 0 Å². The highest BCUT2D eigenvalue weighted by atomic mass is 16.5. The minimum Gasteiger partial charge on any atom is -0.376 e. The Balaban J connectivity index is 1.27. The highest BCUT2D eigenvalue weighted by molar-refractivity contribution is 6.00. The Bertz CT molecular complexity index is 814. The van der Waals surface area contributed by atoms with E-state index in [0.29, 0.717) is 18.9 Å². The molecule has 3 saturated heterocycles. The zero-order valence-electron chi connectivity index (χ0n) is 21.8. The predicted molar refractivity (Wildman–Crippen MR) is 139 cm³/mol. The number of likely N-dealkylation sites (tertiary alicyclic amines) is 1. The fraction of sp³-hybridized carbons (Fsp3) is 0.724. The van der Waals surface area contributed by atoms with Gasteiger partial charge in [0.05, 0.1) is 6.10 Å². The molecule has 0 bridgehead atoms. The standard InChI is InChI=1S/C29H45N3O3/c1-23(2)21-26-27(33)32(22-25-14-10-20-35-25)29(28(34)30-26)15-18-31(19-16-29)17-9-4-3-6-11-24-12-7-5-8-13-24/h5,7-8,12-13,23,25-26H,3-4,6,9-11,14-22H2,1-2H3,(H,30,34). The van der Waals surface area contributed by atoms with Crippen LogP contribution in [0.3, 0.4) is 0 Å². The molecule has 2 amide bonds. The summed E-state index contributed by atoms with van der Waals surface area (Å²) in [6.07, 6.45) is 10.3. The van der Waals surface area contributed by atoms with E-state index >= 15 is 0 Å². The van der Waals surface area contributed by atoms with Crippen LogP contribution in [-0.2, 0) is 20.7 Å². The van der Waals surface area contributed by atoms with Crippen LogP contribution in [-0.4, -0.2) is 72.1 Å². The number of nitrogens with one attached hydrogen (secondary N) is 1. The van der Waals surface area contributed by atoms with Gasteiger partial charge in [-0.05, 0) is 69.4 Å². The maximum Gasteiger partial charge on any atom is 0.246 e. The molecule has 1 N–H and O–H groups in total. The molecule has 2 unspecified atom stereocenters. The molecule has 6 nitrogen and oxygen atoms in total. The number of ether oxygens (including phenoxy) is 1. The van der Waals surface area contributed by atoms with Gasteiger partial charge in [0.1, 0.15) is 11.6 Å². The van der Waals surface area contributed by atoms with Crippen molar-refractivity contribution in [2.75, 3.05) is 32.8 Å². The van der Waals surface area contributed by atoms with Crippen LogP contribution in [0.15, 0.2) is 30.3 Å². The van der Waals surface area contributed by atoms with Gasteiger partial charge in [0.15, 0.2) is 0 Å². The predicted octanol–water partition coefficient (Wildman–Crippen LogP) is 4.18. The van der Waals surface area contributed by atoms with Gasteiger partial charge in [0.25, 0.3) is 0 Å². The van der Waals surface area contributed by atoms with Crippen LogP contribution < -0.4 is 5.32 Å². The lowest BCUT2D eigenvalue weighted by molar-refractivity contribution is -0.163. The SMILES string of the molecule is CC(C)CC1NC(=O)C2(CCN(CCCCCCc3ccccc3)CC2)N(CC2CCCO2)C1=O. The van der Waals surface area contributed by atoms with Crippen LogP contribution in [0.5, 0.6) is 0 Å². The number of carbonyl (C=O) groups excluding carboxylic acids is 2. The van der Waals surface area contributed by atoms with E-state index in [0.717, 1.165) is 58.3 Å². The smallest absolute Gasteiger partial charge is 0.246 e. The van der Waals surface area contributed by atoms with E-state index in [1.807, 2.05) is 4.90 Å².